The van der Waals surface area contributed by atoms with Crippen LogP contribution >= 0.6 is 0 Å². The van der Waals surface area contributed by atoms with E-state index in [9.17, 15) is 19.5 Å². The van der Waals surface area contributed by atoms with Crippen LogP contribution in [0.2, 0.25) is 0 Å². The largest absolute Gasteiger partial charge is 0.465 e. The second-order valence-electron chi connectivity index (χ2n) is 11.6. The molecule has 1 aliphatic heterocycles. The van der Waals surface area contributed by atoms with Crippen molar-refractivity contribution in [2.45, 2.75) is 56.2 Å². The highest BCUT2D eigenvalue weighted by Gasteiger charge is 2.59. The molecule has 0 bridgehead atoms. The number of anilines is 1. The normalized spacial score (nSPS) is 20.8. The summed E-state index contributed by atoms with van der Waals surface area (Å²) < 4.78 is 4.85. The molecular formula is C37H36N2O5. The van der Waals surface area contributed by atoms with Gasteiger partial charge in [-0.15, -0.1) is 0 Å². The summed E-state index contributed by atoms with van der Waals surface area (Å²) in [7, 11) is 1.35. The predicted molar refractivity (Wildman–Crippen MR) is 169 cm³/mol. The van der Waals surface area contributed by atoms with Crippen LogP contribution in [-0.4, -0.2) is 42.1 Å². The molecule has 2 N–H and O–H groups in total. The fourth-order valence-electron chi connectivity index (χ4n) is 6.76. The highest BCUT2D eigenvalue weighted by atomic mass is 16.5. The molecule has 4 aromatic carbocycles. The molecule has 7 heteroatoms. The number of methoxy groups -OCH3 is 1. The predicted octanol–water partition coefficient (Wildman–Crippen LogP) is 5.59. The highest BCUT2D eigenvalue weighted by Crippen LogP contribution is 2.51. The van der Waals surface area contributed by atoms with Gasteiger partial charge in [0.2, 0.25) is 11.8 Å². The number of aliphatic hydroxyl groups is 1. The second-order valence-corrected chi connectivity index (χ2v) is 11.6. The molecule has 1 spiro atoms. The maximum atomic E-state index is 14.7. The van der Waals surface area contributed by atoms with E-state index < -0.39 is 23.5 Å². The number of carbonyl (C=O) groups is 3. The molecule has 2 aliphatic rings. The first-order valence-electron chi connectivity index (χ1n) is 15.1. The molecule has 44 heavy (non-hydrogen) atoms. The van der Waals surface area contributed by atoms with E-state index in [1.165, 1.54) is 7.11 Å². The zero-order valence-electron chi connectivity index (χ0n) is 24.7. The number of nitrogens with zero attached hydrogens (tertiary/aromatic N) is 1. The van der Waals surface area contributed by atoms with Crippen LogP contribution in [0.15, 0.2) is 103 Å². The number of aliphatic hydroxyl groups excluding tert-OH is 1. The summed E-state index contributed by atoms with van der Waals surface area (Å²) in [5.41, 5.74) is 4.73. The summed E-state index contributed by atoms with van der Waals surface area (Å²) in [6, 6.07) is 32.0. The minimum Gasteiger partial charge on any atom is -0.465 e. The molecule has 0 saturated heterocycles. The van der Waals surface area contributed by atoms with Crippen molar-refractivity contribution in [2.24, 2.45) is 0 Å². The summed E-state index contributed by atoms with van der Waals surface area (Å²) >= 11 is 0. The first-order chi connectivity index (χ1) is 21.4. The third-order valence-electron chi connectivity index (χ3n) is 9.00. The van der Waals surface area contributed by atoms with Crippen molar-refractivity contribution in [3.05, 3.63) is 125 Å². The van der Waals surface area contributed by atoms with Crippen LogP contribution in [0.5, 0.6) is 0 Å². The van der Waals surface area contributed by atoms with Gasteiger partial charge in [0.1, 0.15) is 0 Å². The highest BCUT2D eigenvalue weighted by molar-refractivity contribution is 6.09. The van der Waals surface area contributed by atoms with Gasteiger partial charge in [0.05, 0.1) is 36.8 Å². The van der Waals surface area contributed by atoms with Crippen molar-refractivity contribution >= 4 is 23.5 Å². The van der Waals surface area contributed by atoms with Crippen molar-refractivity contribution in [3.63, 3.8) is 0 Å². The van der Waals surface area contributed by atoms with E-state index in [1.807, 2.05) is 91.0 Å². The number of carbonyl (C=O) groups excluding carboxylic acids is 3. The zero-order chi connectivity index (χ0) is 30.7. The molecule has 0 radical (unpaired) electrons. The zero-order valence-corrected chi connectivity index (χ0v) is 24.7. The number of hydrogen-bond donors (Lipinski definition) is 2. The molecule has 1 fully saturated rings. The molecule has 0 aromatic heterocycles. The van der Waals surface area contributed by atoms with Gasteiger partial charge in [-0.25, -0.2) is 4.79 Å². The van der Waals surface area contributed by atoms with Gasteiger partial charge in [-0.1, -0.05) is 78.9 Å². The number of esters is 1. The number of rotatable bonds is 8. The average molecular weight is 589 g/mol. The van der Waals surface area contributed by atoms with Crippen LogP contribution in [0.25, 0.3) is 11.1 Å². The Morgan fingerprint density at radius 1 is 0.909 bits per heavy atom. The molecule has 3 atom stereocenters. The molecule has 4 aromatic rings. The van der Waals surface area contributed by atoms with Crippen molar-refractivity contribution in [1.82, 2.24) is 5.32 Å². The Balaban J connectivity index is 1.39. The summed E-state index contributed by atoms with van der Waals surface area (Å²) in [6.07, 6.45) is 1.61. The van der Waals surface area contributed by atoms with Gasteiger partial charge >= 0.3 is 5.97 Å². The minimum absolute atomic E-state index is 0.110. The Kier molecular flexibility index (Phi) is 8.31. The van der Waals surface area contributed by atoms with Gasteiger partial charge in [0.15, 0.2) is 0 Å². The fourth-order valence-corrected chi connectivity index (χ4v) is 6.76. The van der Waals surface area contributed by atoms with Gasteiger partial charge in [0.25, 0.3) is 0 Å². The number of hydrogen-bond acceptors (Lipinski definition) is 5. The molecule has 1 saturated carbocycles. The Labute approximate surface area is 257 Å². The number of benzene rings is 4. The van der Waals surface area contributed by atoms with E-state index in [0.717, 1.165) is 33.5 Å². The Hall–Kier alpha value is -4.75. The number of fused-ring (bicyclic) bond motifs is 2. The number of aryl methyl sites for hydroxylation is 1. The first kappa shape index (κ1) is 29.3. The lowest BCUT2D eigenvalue weighted by Gasteiger charge is -2.43. The quantitative estimate of drug-likeness (QED) is 0.262. The van der Waals surface area contributed by atoms with Crippen molar-refractivity contribution in [1.29, 1.82) is 0 Å². The number of ether oxygens (including phenoxy) is 1. The van der Waals surface area contributed by atoms with Gasteiger partial charge in [-0.05, 0) is 77.8 Å². The molecule has 0 unspecified atom stereocenters. The Morgan fingerprint density at radius 2 is 1.57 bits per heavy atom. The van der Waals surface area contributed by atoms with Crippen LogP contribution in [0.4, 0.5) is 5.69 Å². The molecule has 6 rings (SSSR count). The van der Waals surface area contributed by atoms with E-state index in [4.69, 9.17) is 4.74 Å². The smallest absolute Gasteiger partial charge is 0.337 e. The van der Waals surface area contributed by atoms with Gasteiger partial charge in [-0.3, -0.25) is 9.59 Å². The summed E-state index contributed by atoms with van der Waals surface area (Å²) in [5.74, 6) is -0.708. The Bertz CT molecular complexity index is 1650. The molecule has 1 heterocycles. The van der Waals surface area contributed by atoms with E-state index in [0.29, 0.717) is 37.8 Å². The van der Waals surface area contributed by atoms with Crippen LogP contribution in [-0.2, 0) is 32.7 Å². The topological polar surface area (TPSA) is 95.9 Å². The SMILES string of the molecule is COC(=O)c1ccc(-c2ccc3c(c2)[C@]2(CCC[C@@H](O)[C@@H]2NC(=O)CCc2ccccc2)C(=O)N3Cc2ccccc2)cc1. The molecular weight excluding hydrogens is 552 g/mol. The first-order valence-corrected chi connectivity index (χ1v) is 15.1. The van der Waals surface area contributed by atoms with E-state index >= 15 is 0 Å². The van der Waals surface area contributed by atoms with Crippen LogP contribution in [0.3, 0.4) is 0 Å². The van der Waals surface area contributed by atoms with E-state index in [2.05, 4.69) is 5.32 Å². The van der Waals surface area contributed by atoms with Crippen LogP contribution in [0.1, 0.15) is 52.7 Å². The third kappa shape index (κ3) is 5.51. The lowest BCUT2D eigenvalue weighted by atomic mass is 9.65. The number of nitrogens with one attached hydrogen (secondary N) is 1. The summed E-state index contributed by atoms with van der Waals surface area (Å²) in [5, 5.41) is 14.5. The lowest BCUT2D eigenvalue weighted by molar-refractivity contribution is -0.131. The molecule has 2 amide bonds. The Morgan fingerprint density at radius 3 is 2.25 bits per heavy atom. The van der Waals surface area contributed by atoms with Gasteiger partial charge in [-0.2, -0.15) is 0 Å². The molecule has 7 nitrogen and oxygen atoms in total. The fraction of sp³-hybridized carbons (Fsp3) is 0.270. The minimum atomic E-state index is -1.12. The monoisotopic (exact) mass is 588 g/mol. The standard InChI is InChI=1S/C37H36N2O5/c1-44-35(42)28-17-15-27(16-18-28)29-19-20-31-30(23-29)37(36(43)39(31)24-26-11-6-3-7-12-26)22-8-13-32(40)34(37)38-33(41)21-14-25-9-4-2-5-10-25/h2-7,9-12,15-20,23,32,34,40H,8,13-14,21-22,24H2,1H3,(H,38,41)/t32-,34+,37+/m1/s1. The third-order valence-corrected chi connectivity index (χ3v) is 9.00. The van der Waals surface area contributed by atoms with Crippen LogP contribution < -0.4 is 10.2 Å². The van der Waals surface area contributed by atoms with Gasteiger partial charge in [0, 0.05) is 12.1 Å². The summed E-state index contributed by atoms with van der Waals surface area (Å²) in [6.45, 7) is 0.381. The second kappa shape index (κ2) is 12.5. The lowest BCUT2D eigenvalue weighted by Crippen LogP contribution is -2.62. The van der Waals surface area contributed by atoms with Crippen molar-refractivity contribution in [3.8, 4) is 11.1 Å². The molecule has 224 valence electrons. The maximum absolute atomic E-state index is 14.7. The molecule has 1 aliphatic carbocycles. The van der Waals surface area contributed by atoms with Crippen LogP contribution in [0, 0.1) is 0 Å². The number of amides is 2. The van der Waals surface area contributed by atoms with E-state index in [-0.39, 0.29) is 18.2 Å². The average Bonchev–Trinajstić information content (AvgIpc) is 3.28. The maximum Gasteiger partial charge on any atom is 0.337 e. The van der Waals surface area contributed by atoms with E-state index in [1.54, 1.807) is 17.0 Å². The van der Waals surface area contributed by atoms with Crippen molar-refractivity contribution < 1.29 is 24.2 Å². The van der Waals surface area contributed by atoms with Gasteiger partial charge < -0.3 is 20.1 Å². The summed E-state index contributed by atoms with van der Waals surface area (Å²) in [4.78, 5) is 41.8. The van der Waals surface area contributed by atoms with Crippen molar-refractivity contribution in [2.75, 3.05) is 12.0 Å².